The van der Waals surface area contributed by atoms with E-state index in [4.69, 9.17) is 12.8 Å². The van der Waals surface area contributed by atoms with Gasteiger partial charge in [-0.2, -0.15) is 0 Å². The topological polar surface area (TPSA) is 16.8 Å². The van der Waals surface area contributed by atoms with Crippen molar-refractivity contribution in [3.05, 3.63) is 65.7 Å². The molecule has 0 amide bonds. The summed E-state index contributed by atoms with van der Waals surface area (Å²) in [5.41, 5.74) is 4.31. The Hall–Kier alpha value is -1.58. The van der Waals surface area contributed by atoms with Crippen LogP contribution in [0.1, 0.15) is 11.1 Å². The number of nitrogens with one attached hydrogen (secondary N) is 1. The Bertz CT molecular complexity index is 549. The van der Waals surface area contributed by atoms with Crippen LogP contribution in [-0.4, -0.2) is 5.71 Å². The van der Waals surface area contributed by atoms with Crippen molar-refractivity contribution in [1.29, 1.82) is 0 Å². The zero-order chi connectivity index (χ0) is 11.0. The third-order valence-corrected chi connectivity index (χ3v) is 2.98. The molecular weight excluding hydrogens is 216 g/mol. The molecule has 78 valence electrons. The monoisotopic (exact) mass is 226 g/mol. The third-order valence-electron chi connectivity index (χ3n) is 2.67. The number of fused-ring (bicyclic) bond motifs is 1. The van der Waals surface area contributed by atoms with Crippen LogP contribution in [0.4, 0.5) is 5.69 Å². The van der Waals surface area contributed by atoms with Crippen LogP contribution >= 0.6 is 0 Å². The first-order valence-corrected chi connectivity index (χ1v) is 5.55. The Morgan fingerprint density at radius 2 is 1.56 bits per heavy atom. The van der Waals surface area contributed by atoms with Crippen LogP contribution in [-0.2, 0) is 12.8 Å². The van der Waals surface area contributed by atoms with E-state index >= 15 is 0 Å². The standard InChI is InChI=1S/C13H10N2S/c16-15-12-9-5-4-8-11(12)13(14-15)10-6-2-1-3-7-10/h1-9,15H. The first-order chi connectivity index (χ1) is 7.86. The van der Waals surface area contributed by atoms with Crippen LogP contribution in [0.2, 0.25) is 0 Å². The van der Waals surface area contributed by atoms with E-state index in [1.165, 1.54) is 0 Å². The van der Waals surface area contributed by atoms with Crippen molar-refractivity contribution >= 4 is 24.2 Å². The lowest BCUT2D eigenvalue weighted by Gasteiger charge is -2.09. The molecule has 1 unspecified atom stereocenters. The molecule has 3 rings (SSSR count). The average Bonchev–Trinajstić information content (AvgIpc) is 2.69. The molecule has 2 nitrogen and oxygen atoms in total. The zero-order valence-electron chi connectivity index (χ0n) is 8.55. The fourth-order valence-electron chi connectivity index (χ4n) is 1.91. The zero-order valence-corrected chi connectivity index (χ0v) is 9.37. The summed E-state index contributed by atoms with van der Waals surface area (Å²) < 4.78 is 0.689. The second-order valence-corrected chi connectivity index (χ2v) is 4.06. The van der Waals surface area contributed by atoms with Gasteiger partial charge in [0, 0.05) is 11.6 Å². The summed E-state index contributed by atoms with van der Waals surface area (Å²) >= 11 is 5.26. The molecule has 0 radical (unpaired) electrons. The lowest BCUT2D eigenvalue weighted by atomic mass is 10.0. The number of hydrogen-bond acceptors (Lipinski definition) is 2. The number of nitrogens with zero attached hydrogens (tertiary/aromatic N) is 1. The van der Waals surface area contributed by atoms with Crippen molar-refractivity contribution in [3.63, 3.8) is 0 Å². The summed E-state index contributed by atoms with van der Waals surface area (Å²) in [6, 6.07) is 18.3. The Morgan fingerprint density at radius 3 is 2.38 bits per heavy atom. The van der Waals surface area contributed by atoms with Crippen LogP contribution in [0.3, 0.4) is 0 Å². The summed E-state index contributed by atoms with van der Waals surface area (Å²) in [7, 11) is 0. The molecule has 3 heteroatoms. The van der Waals surface area contributed by atoms with Gasteiger partial charge in [0.05, 0.1) is 5.56 Å². The summed E-state index contributed by atoms with van der Waals surface area (Å²) in [6.07, 6.45) is 0. The van der Waals surface area contributed by atoms with Gasteiger partial charge in [-0.1, -0.05) is 47.6 Å². The highest BCUT2D eigenvalue weighted by molar-refractivity contribution is 7.51. The van der Waals surface area contributed by atoms with Crippen LogP contribution in [0.5, 0.6) is 0 Å². The summed E-state index contributed by atoms with van der Waals surface area (Å²) in [5, 5.41) is 4.47. The smallest absolute Gasteiger partial charge is 0.148 e. The minimum atomic E-state index is 0.689. The predicted octanol–water partition coefficient (Wildman–Crippen LogP) is 1.43. The van der Waals surface area contributed by atoms with Crippen molar-refractivity contribution in [2.24, 2.45) is 5.10 Å². The van der Waals surface area contributed by atoms with Gasteiger partial charge in [-0.25, -0.2) is 0 Å². The van der Waals surface area contributed by atoms with Gasteiger partial charge >= 0.3 is 0 Å². The average molecular weight is 226 g/mol. The molecule has 0 fully saturated rings. The molecule has 1 aliphatic heterocycles. The summed E-state index contributed by atoms with van der Waals surface area (Å²) in [4.78, 5) is 0. The molecule has 0 saturated carbocycles. The Balaban J connectivity index is 2.15. The second-order valence-electron chi connectivity index (χ2n) is 3.68. The Kier molecular flexibility index (Phi) is 2.27. The molecule has 1 heterocycles. The Morgan fingerprint density at radius 1 is 0.875 bits per heavy atom. The van der Waals surface area contributed by atoms with Gasteiger partial charge in [-0.3, -0.25) is 4.41 Å². The molecule has 2 aromatic rings. The van der Waals surface area contributed by atoms with Gasteiger partial charge in [0.2, 0.25) is 0 Å². The van der Waals surface area contributed by atoms with Gasteiger partial charge in [0.25, 0.3) is 0 Å². The van der Waals surface area contributed by atoms with Crippen LogP contribution < -0.4 is 4.41 Å². The SMILES string of the molecule is [S-][NH+]1N=C(c2ccccc2)c2ccccc21. The van der Waals surface area contributed by atoms with E-state index < -0.39 is 0 Å². The number of rotatable bonds is 1. The third kappa shape index (κ3) is 1.45. The highest BCUT2D eigenvalue weighted by atomic mass is 32.1. The van der Waals surface area contributed by atoms with Crippen LogP contribution in [0.25, 0.3) is 0 Å². The van der Waals surface area contributed by atoms with Gasteiger partial charge < -0.3 is 12.8 Å². The molecule has 1 N–H and O–H groups in total. The fourth-order valence-corrected chi connectivity index (χ4v) is 2.18. The number of benzene rings is 2. The minimum Gasteiger partial charge on any atom is -0.457 e. The van der Waals surface area contributed by atoms with Crippen LogP contribution in [0.15, 0.2) is 59.7 Å². The van der Waals surface area contributed by atoms with Crippen molar-refractivity contribution in [2.75, 3.05) is 0 Å². The molecule has 1 atom stereocenters. The number of quaternary nitrogens is 1. The fraction of sp³-hybridized carbons (Fsp3) is 0. The van der Waals surface area contributed by atoms with E-state index in [-0.39, 0.29) is 0 Å². The highest BCUT2D eigenvalue weighted by Crippen LogP contribution is 2.20. The number of hydrogen-bond donors (Lipinski definition) is 1. The molecule has 16 heavy (non-hydrogen) atoms. The minimum absolute atomic E-state index is 0.689. The lowest BCUT2D eigenvalue weighted by Crippen LogP contribution is -2.95. The van der Waals surface area contributed by atoms with E-state index in [0.717, 1.165) is 22.5 Å². The van der Waals surface area contributed by atoms with Crippen molar-refractivity contribution < 1.29 is 4.41 Å². The van der Waals surface area contributed by atoms with Crippen molar-refractivity contribution in [2.45, 2.75) is 0 Å². The van der Waals surface area contributed by atoms with Gasteiger partial charge in [-0.15, -0.1) is 0 Å². The normalized spacial score (nSPS) is 18.1. The molecule has 0 saturated heterocycles. The molecule has 0 spiro atoms. The second kappa shape index (κ2) is 3.77. The first kappa shape index (κ1) is 9.63. The largest absolute Gasteiger partial charge is 0.457 e. The van der Waals surface area contributed by atoms with Gasteiger partial charge in [-0.05, 0) is 6.07 Å². The Labute approximate surface area is 99.8 Å². The maximum atomic E-state index is 5.26. The molecule has 0 aromatic heterocycles. The first-order valence-electron chi connectivity index (χ1n) is 5.14. The summed E-state index contributed by atoms with van der Waals surface area (Å²) in [6.45, 7) is 0. The van der Waals surface area contributed by atoms with E-state index in [1.54, 1.807) is 0 Å². The van der Waals surface area contributed by atoms with Gasteiger partial charge in [0.1, 0.15) is 11.4 Å². The molecule has 0 bridgehead atoms. The van der Waals surface area contributed by atoms with E-state index in [1.807, 2.05) is 36.4 Å². The van der Waals surface area contributed by atoms with E-state index in [0.29, 0.717) is 4.41 Å². The quantitative estimate of drug-likeness (QED) is 0.728. The molecule has 2 aromatic carbocycles. The molecule has 0 aliphatic carbocycles. The van der Waals surface area contributed by atoms with Gasteiger partial charge in [0.15, 0.2) is 0 Å². The van der Waals surface area contributed by atoms with E-state index in [2.05, 4.69) is 23.3 Å². The highest BCUT2D eigenvalue weighted by Gasteiger charge is 2.22. The maximum Gasteiger partial charge on any atom is 0.148 e. The molecule has 1 aliphatic rings. The lowest BCUT2D eigenvalue weighted by molar-refractivity contribution is -0.679. The van der Waals surface area contributed by atoms with Crippen molar-refractivity contribution in [1.82, 2.24) is 0 Å². The summed E-state index contributed by atoms with van der Waals surface area (Å²) in [5.74, 6) is 0. The maximum absolute atomic E-state index is 5.26. The van der Waals surface area contributed by atoms with E-state index in [9.17, 15) is 0 Å². The van der Waals surface area contributed by atoms with Crippen molar-refractivity contribution in [3.8, 4) is 0 Å². The molecular formula is C13H10N2S. The van der Waals surface area contributed by atoms with Crippen LogP contribution in [0, 0.1) is 0 Å². The predicted molar refractivity (Wildman–Crippen MR) is 66.5 cm³/mol.